The maximum Gasteiger partial charge on any atom is 0.416 e. The Morgan fingerprint density at radius 3 is 2.43 bits per heavy atom. The molecule has 0 fully saturated rings. The Balaban J connectivity index is 3.98. The summed E-state index contributed by atoms with van der Waals surface area (Å²) in [5, 5.41) is 0. The van der Waals surface area contributed by atoms with Crippen molar-refractivity contribution >= 4 is 18.5 Å². The summed E-state index contributed by atoms with van der Waals surface area (Å²) in [6.07, 6.45) is -0.741. The van der Waals surface area contributed by atoms with Crippen LogP contribution in [0.15, 0.2) is 0 Å². The van der Waals surface area contributed by atoms with E-state index in [4.69, 9.17) is 0 Å². The van der Waals surface area contributed by atoms with Crippen LogP contribution in [0.2, 0.25) is 0 Å². The van der Waals surface area contributed by atoms with Gasteiger partial charge in [0.1, 0.15) is 6.54 Å². The first-order valence-electron chi connectivity index (χ1n) is 3.60. The maximum absolute atomic E-state index is 10.9. The molecule has 0 aliphatic rings. The molecule has 0 saturated carbocycles. The number of nitrogens with zero attached hydrogens (tertiary/aromatic N) is 1. The fourth-order valence-electron chi connectivity index (χ4n) is 0.571. The molecule has 7 heteroatoms. The zero-order valence-corrected chi connectivity index (χ0v) is 7.89. The van der Waals surface area contributed by atoms with Gasteiger partial charge in [-0.3, -0.25) is 9.59 Å². The zero-order chi connectivity index (χ0) is 11.0. The van der Waals surface area contributed by atoms with E-state index < -0.39 is 18.6 Å². The van der Waals surface area contributed by atoms with Crippen LogP contribution in [0.3, 0.4) is 0 Å². The predicted molar refractivity (Wildman–Crippen MR) is 43.1 cm³/mol. The molecule has 0 N–H and O–H groups in total. The summed E-state index contributed by atoms with van der Waals surface area (Å²) in [7, 11) is 2.43. The molecule has 0 aromatic heterocycles. The van der Waals surface area contributed by atoms with Crippen molar-refractivity contribution in [1.29, 1.82) is 0 Å². The van der Waals surface area contributed by atoms with Gasteiger partial charge in [-0.25, -0.2) is 9.69 Å². The second-order valence-corrected chi connectivity index (χ2v) is 2.13. The van der Waals surface area contributed by atoms with Gasteiger partial charge in [0.2, 0.25) is 6.41 Å². The number of esters is 1. The predicted octanol–water partition coefficient (Wildman–Crippen LogP) is -0.642. The summed E-state index contributed by atoms with van der Waals surface area (Å²) in [4.78, 5) is 32.5. The smallest absolute Gasteiger partial charge is 0.416 e. The van der Waals surface area contributed by atoms with E-state index in [2.05, 4.69) is 14.2 Å². The Labute approximate surface area is 80.5 Å². The molecule has 0 rings (SSSR count). The van der Waals surface area contributed by atoms with E-state index in [1.54, 1.807) is 0 Å². The van der Waals surface area contributed by atoms with Crippen molar-refractivity contribution in [2.45, 2.75) is 0 Å². The highest BCUT2D eigenvalue weighted by Gasteiger charge is 2.17. The van der Waals surface area contributed by atoms with Crippen molar-refractivity contribution in [2.24, 2.45) is 0 Å². The number of imide groups is 1. The number of carbonyl (C=O) groups is 3. The number of hydrogen-bond acceptors (Lipinski definition) is 6. The van der Waals surface area contributed by atoms with Gasteiger partial charge in [0.05, 0.1) is 7.11 Å². The molecule has 0 aliphatic carbocycles. The van der Waals surface area contributed by atoms with Gasteiger partial charge in [0, 0.05) is 7.11 Å². The zero-order valence-electron chi connectivity index (χ0n) is 7.89. The van der Waals surface area contributed by atoms with Crippen LogP contribution in [0.1, 0.15) is 0 Å². The SMILES string of the molecule is COCOC(=O)CN(C=O)C(=O)OC. The van der Waals surface area contributed by atoms with Gasteiger partial charge < -0.3 is 14.2 Å². The summed E-state index contributed by atoms with van der Waals surface area (Å²) in [5.41, 5.74) is 0. The molecule has 14 heavy (non-hydrogen) atoms. The minimum absolute atomic E-state index is 0.180. The summed E-state index contributed by atoms with van der Waals surface area (Å²) in [6.45, 7) is -0.730. The van der Waals surface area contributed by atoms with Gasteiger partial charge in [-0.1, -0.05) is 0 Å². The molecule has 80 valence electrons. The van der Waals surface area contributed by atoms with Crippen LogP contribution in [0.4, 0.5) is 4.79 Å². The first-order chi connectivity index (χ1) is 6.65. The Morgan fingerprint density at radius 1 is 1.36 bits per heavy atom. The highest BCUT2D eigenvalue weighted by atomic mass is 16.7. The summed E-state index contributed by atoms with van der Waals surface area (Å²) in [5.74, 6) is -0.760. The summed E-state index contributed by atoms with van der Waals surface area (Å²) in [6, 6.07) is 0. The minimum Gasteiger partial charge on any atom is -0.452 e. The Hall–Kier alpha value is -1.63. The highest BCUT2D eigenvalue weighted by molar-refractivity contribution is 5.86. The minimum atomic E-state index is -0.922. The maximum atomic E-state index is 10.9. The van der Waals surface area contributed by atoms with Crippen LogP contribution in [0.5, 0.6) is 0 Å². The topological polar surface area (TPSA) is 82.1 Å². The molecule has 0 heterocycles. The van der Waals surface area contributed by atoms with Crippen LogP contribution >= 0.6 is 0 Å². The monoisotopic (exact) mass is 205 g/mol. The van der Waals surface area contributed by atoms with Gasteiger partial charge in [0.25, 0.3) is 0 Å². The van der Waals surface area contributed by atoms with Crippen molar-refractivity contribution in [2.75, 3.05) is 27.6 Å². The molecule has 0 unspecified atom stereocenters. The average molecular weight is 205 g/mol. The van der Waals surface area contributed by atoms with E-state index in [1.165, 1.54) is 7.11 Å². The molecule has 0 aliphatic heterocycles. The lowest BCUT2D eigenvalue weighted by Crippen LogP contribution is -2.35. The molecular formula is C7H11NO6. The van der Waals surface area contributed by atoms with E-state index in [0.29, 0.717) is 4.90 Å². The molecule has 0 aromatic rings. The second kappa shape index (κ2) is 6.84. The number of carbonyl (C=O) groups excluding carboxylic acids is 3. The van der Waals surface area contributed by atoms with Gasteiger partial charge in [-0.15, -0.1) is 0 Å². The standard InChI is InChI=1S/C7H11NO6/c1-12-5-14-6(10)3-8(4-9)7(11)13-2/h4H,3,5H2,1-2H3. The van der Waals surface area contributed by atoms with E-state index in [-0.39, 0.29) is 13.2 Å². The lowest BCUT2D eigenvalue weighted by molar-refractivity contribution is -0.155. The van der Waals surface area contributed by atoms with Gasteiger partial charge >= 0.3 is 12.1 Å². The Morgan fingerprint density at radius 2 is 2.00 bits per heavy atom. The normalized spacial score (nSPS) is 9.00. The number of methoxy groups -OCH3 is 2. The lowest BCUT2D eigenvalue weighted by Gasteiger charge is -2.12. The third-order valence-electron chi connectivity index (χ3n) is 1.17. The molecule has 0 radical (unpaired) electrons. The first kappa shape index (κ1) is 12.4. The van der Waals surface area contributed by atoms with Crippen molar-refractivity contribution < 1.29 is 28.6 Å². The highest BCUT2D eigenvalue weighted by Crippen LogP contribution is 1.90. The van der Waals surface area contributed by atoms with Crippen molar-refractivity contribution in [3.63, 3.8) is 0 Å². The molecule has 0 aromatic carbocycles. The first-order valence-corrected chi connectivity index (χ1v) is 3.60. The molecule has 7 nitrogen and oxygen atoms in total. The fraction of sp³-hybridized carbons (Fsp3) is 0.571. The fourth-order valence-corrected chi connectivity index (χ4v) is 0.571. The Kier molecular flexibility index (Phi) is 6.04. The molecular weight excluding hydrogens is 194 g/mol. The quantitative estimate of drug-likeness (QED) is 0.337. The summed E-state index contributed by atoms with van der Waals surface area (Å²) < 4.78 is 13.1. The number of ether oxygens (including phenoxy) is 3. The van der Waals surface area contributed by atoms with E-state index in [1.807, 2.05) is 0 Å². The lowest BCUT2D eigenvalue weighted by atomic mass is 10.6. The van der Waals surface area contributed by atoms with Gasteiger partial charge in [-0.05, 0) is 0 Å². The molecule has 0 spiro atoms. The van der Waals surface area contributed by atoms with Gasteiger partial charge in [-0.2, -0.15) is 0 Å². The van der Waals surface area contributed by atoms with E-state index >= 15 is 0 Å². The molecule has 0 atom stereocenters. The summed E-state index contributed by atoms with van der Waals surface area (Å²) >= 11 is 0. The van der Waals surface area contributed by atoms with Crippen molar-refractivity contribution in [1.82, 2.24) is 4.90 Å². The van der Waals surface area contributed by atoms with Crippen LogP contribution in [0.25, 0.3) is 0 Å². The van der Waals surface area contributed by atoms with Crippen LogP contribution < -0.4 is 0 Å². The molecule has 0 saturated heterocycles. The van der Waals surface area contributed by atoms with Crippen LogP contribution in [0, 0.1) is 0 Å². The van der Waals surface area contributed by atoms with Crippen LogP contribution in [-0.2, 0) is 23.8 Å². The number of rotatable bonds is 5. The van der Waals surface area contributed by atoms with E-state index in [9.17, 15) is 14.4 Å². The number of hydrogen-bond donors (Lipinski definition) is 0. The largest absolute Gasteiger partial charge is 0.452 e. The second-order valence-electron chi connectivity index (χ2n) is 2.13. The third-order valence-corrected chi connectivity index (χ3v) is 1.17. The average Bonchev–Trinajstić information content (AvgIpc) is 2.21. The van der Waals surface area contributed by atoms with Crippen molar-refractivity contribution in [3.05, 3.63) is 0 Å². The van der Waals surface area contributed by atoms with Crippen LogP contribution in [-0.4, -0.2) is 50.9 Å². The number of amides is 2. The van der Waals surface area contributed by atoms with Crippen molar-refractivity contribution in [3.8, 4) is 0 Å². The van der Waals surface area contributed by atoms with Gasteiger partial charge in [0.15, 0.2) is 6.79 Å². The third kappa shape index (κ3) is 4.41. The molecule has 0 bridgehead atoms. The van der Waals surface area contributed by atoms with E-state index in [0.717, 1.165) is 7.11 Å². The molecule has 2 amide bonds. The Bertz CT molecular complexity index is 216.